The van der Waals surface area contributed by atoms with E-state index in [-0.39, 0.29) is 17.9 Å². The standard InChI is InChI=1S/C22H31BrO3/c1-3-5-6-11-18(24)17(23)12-16-19(25)13-20-21(16)15-10-7-9-14(8-4-2)22(15)26-20/h7,9-10,12,16,18-21,24-25H,3-6,8,11,13H2,1-2H3/b17-12-/t16-,18+,19+,20-,21+/m0/s1. The Bertz CT molecular complexity index is 642. The maximum Gasteiger partial charge on any atom is 0.126 e. The molecule has 1 fully saturated rings. The van der Waals surface area contributed by atoms with E-state index in [1.807, 2.05) is 6.08 Å². The van der Waals surface area contributed by atoms with Crippen molar-refractivity contribution in [3.63, 3.8) is 0 Å². The molecule has 3 nitrogen and oxygen atoms in total. The summed E-state index contributed by atoms with van der Waals surface area (Å²) in [5.41, 5.74) is 2.50. The van der Waals surface area contributed by atoms with Crippen LogP contribution in [-0.2, 0) is 6.42 Å². The van der Waals surface area contributed by atoms with Crippen molar-refractivity contribution in [1.29, 1.82) is 0 Å². The molecule has 26 heavy (non-hydrogen) atoms. The highest BCUT2D eigenvalue weighted by Gasteiger charge is 2.49. The minimum atomic E-state index is -0.485. The lowest BCUT2D eigenvalue weighted by Crippen LogP contribution is -2.18. The van der Waals surface area contributed by atoms with E-state index in [1.54, 1.807) is 0 Å². The lowest BCUT2D eigenvalue weighted by Gasteiger charge is -2.19. The van der Waals surface area contributed by atoms with E-state index in [2.05, 4.69) is 48.0 Å². The number of aliphatic hydroxyl groups is 2. The summed E-state index contributed by atoms with van der Waals surface area (Å²) in [6.07, 6.45) is 7.99. The van der Waals surface area contributed by atoms with Crippen LogP contribution in [0, 0.1) is 5.92 Å². The Balaban J connectivity index is 1.80. The number of hydrogen-bond acceptors (Lipinski definition) is 3. The van der Waals surface area contributed by atoms with Gasteiger partial charge < -0.3 is 14.9 Å². The number of aryl methyl sites for hydroxylation is 1. The molecular formula is C22H31BrO3. The normalized spacial score (nSPS) is 28.6. The number of aliphatic hydroxyl groups excluding tert-OH is 2. The number of para-hydroxylation sites is 1. The topological polar surface area (TPSA) is 49.7 Å². The third-order valence-corrected chi connectivity index (χ3v) is 6.55. The van der Waals surface area contributed by atoms with Crippen LogP contribution in [0.5, 0.6) is 5.75 Å². The molecule has 3 rings (SSSR count). The van der Waals surface area contributed by atoms with Gasteiger partial charge >= 0.3 is 0 Å². The second-order valence-corrected chi connectivity index (χ2v) is 8.63. The highest BCUT2D eigenvalue weighted by atomic mass is 79.9. The molecule has 1 aromatic rings. The number of benzene rings is 1. The van der Waals surface area contributed by atoms with Crippen molar-refractivity contribution in [2.45, 2.75) is 83.0 Å². The van der Waals surface area contributed by atoms with E-state index < -0.39 is 12.2 Å². The average molecular weight is 423 g/mol. The van der Waals surface area contributed by atoms with Crippen molar-refractivity contribution in [3.8, 4) is 5.75 Å². The number of halogens is 1. The molecule has 4 heteroatoms. The molecule has 2 N–H and O–H groups in total. The lowest BCUT2D eigenvalue weighted by atomic mass is 9.86. The molecule has 0 unspecified atom stereocenters. The predicted molar refractivity (Wildman–Crippen MR) is 109 cm³/mol. The van der Waals surface area contributed by atoms with Gasteiger partial charge in [0.2, 0.25) is 0 Å². The second kappa shape index (κ2) is 8.90. The van der Waals surface area contributed by atoms with Gasteiger partial charge in [0.05, 0.1) is 12.2 Å². The van der Waals surface area contributed by atoms with Crippen LogP contribution >= 0.6 is 15.9 Å². The fraction of sp³-hybridized carbons (Fsp3) is 0.636. The van der Waals surface area contributed by atoms with Gasteiger partial charge in [0.25, 0.3) is 0 Å². The van der Waals surface area contributed by atoms with Crippen molar-refractivity contribution in [1.82, 2.24) is 0 Å². The SMILES string of the molecule is CCCCC[C@@H](O)/C(Br)=C/[C@@H]1[C@H]2c3cccc(CCC)c3O[C@H]2C[C@H]1O. The molecule has 0 saturated heterocycles. The molecule has 1 aliphatic carbocycles. The van der Waals surface area contributed by atoms with Crippen LogP contribution in [0.3, 0.4) is 0 Å². The van der Waals surface area contributed by atoms with Crippen LogP contribution in [0.25, 0.3) is 0 Å². The Morgan fingerprint density at radius 2 is 2.12 bits per heavy atom. The second-order valence-electron chi connectivity index (χ2n) is 7.71. The third kappa shape index (κ3) is 4.02. The maximum absolute atomic E-state index is 10.6. The first-order valence-electron chi connectivity index (χ1n) is 10.1. The minimum Gasteiger partial charge on any atom is -0.489 e. The summed E-state index contributed by atoms with van der Waals surface area (Å²) < 4.78 is 7.07. The minimum absolute atomic E-state index is 0.0201. The van der Waals surface area contributed by atoms with Crippen molar-refractivity contribution < 1.29 is 14.9 Å². The van der Waals surface area contributed by atoms with Gasteiger partial charge in [-0.3, -0.25) is 0 Å². The van der Waals surface area contributed by atoms with Gasteiger partial charge in [0, 0.05) is 28.3 Å². The Hall–Kier alpha value is -0.840. The summed E-state index contributed by atoms with van der Waals surface area (Å²) in [4.78, 5) is 0. The summed E-state index contributed by atoms with van der Waals surface area (Å²) in [6, 6.07) is 6.40. The molecule has 1 saturated carbocycles. The molecule has 0 aromatic heterocycles. The summed E-state index contributed by atoms with van der Waals surface area (Å²) in [5, 5.41) is 21.0. The monoisotopic (exact) mass is 422 g/mol. The third-order valence-electron chi connectivity index (χ3n) is 5.76. The quantitative estimate of drug-likeness (QED) is 0.573. The molecule has 1 heterocycles. The molecule has 2 aliphatic rings. The van der Waals surface area contributed by atoms with Gasteiger partial charge in [0.15, 0.2) is 0 Å². The summed E-state index contributed by atoms with van der Waals surface area (Å²) in [7, 11) is 0. The molecule has 0 amide bonds. The highest BCUT2D eigenvalue weighted by molar-refractivity contribution is 9.11. The van der Waals surface area contributed by atoms with E-state index in [1.165, 1.54) is 11.1 Å². The van der Waals surface area contributed by atoms with E-state index >= 15 is 0 Å². The number of unbranched alkanes of at least 4 members (excludes halogenated alkanes) is 2. The molecule has 5 atom stereocenters. The largest absolute Gasteiger partial charge is 0.489 e. The van der Waals surface area contributed by atoms with E-state index in [4.69, 9.17) is 4.74 Å². The Kier molecular flexibility index (Phi) is 6.81. The maximum atomic E-state index is 10.6. The van der Waals surface area contributed by atoms with Crippen molar-refractivity contribution >= 4 is 15.9 Å². The van der Waals surface area contributed by atoms with Crippen molar-refractivity contribution in [3.05, 3.63) is 39.9 Å². The lowest BCUT2D eigenvalue weighted by molar-refractivity contribution is 0.135. The van der Waals surface area contributed by atoms with Crippen LogP contribution in [0.1, 0.15) is 69.4 Å². The van der Waals surface area contributed by atoms with E-state index in [0.29, 0.717) is 6.42 Å². The van der Waals surface area contributed by atoms with Crippen molar-refractivity contribution in [2.24, 2.45) is 5.92 Å². The number of rotatable bonds is 8. The van der Waals surface area contributed by atoms with Crippen molar-refractivity contribution in [2.75, 3.05) is 0 Å². The van der Waals surface area contributed by atoms with Crippen LogP contribution in [0.2, 0.25) is 0 Å². The molecule has 1 aliphatic heterocycles. The van der Waals surface area contributed by atoms with Gasteiger partial charge in [-0.15, -0.1) is 0 Å². The fourth-order valence-electron chi connectivity index (χ4n) is 4.42. The summed E-state index contributed by atoms with van der Waals surface area (Å²) in [5.74, 6) is 1.19. The number of ether oxygens (including phenoxy) is 1. The van der Waals surface area contributed by atoms with Crippen LogP contribution in [-0.4, -0.2) is 28.5 Å². The smallest absolute Gasteiger partial charge is 0.126 e. The Labute approximate surface area is 165 Å². The molecule has 0 bridgehead atoms. The molecular weight excluding hydrogens is 392 g/mol. The predicted octanol–water partition coefficient (Wildman–Crippen LogP) is 5.08. The first-order valence-corrected chi connectivity index (χ1v) is 10.9. The molecule has 0 spiro atoms. The average Bonchev–Trinajstić information content (AvgIpc) is 3.12. The van der Waals surface area contributed by atoms with E-state index in [0.717, 1.165) is 48.8 Å². The van der Waals surface area contributed by atoms with Crippen LogP contribution in [0.15, 0.2) is 28.8 Å². The Morgan fingerprint density at radius 3 is 2.85 bits per heavy atom. The first-order chi connectivity index (χ1) is 12.6. The van der Waals surface area contributed by atoms with E-state index in [9.17, 15) is 10.2 Å². The van der Waals surface area contributed by atoms with Gasteiger partial charge in [-0.1, -0.05) is 79.7 Å². The van der Waals surface area contributed by atoms with Gasteiger partial charge in [0.1, 0.15) is 11.9 Å². The van der Waals surface area contributed by atoms with Gasteiger partial charge in [-0.2, -0.15) is 0 Å². The zero-order chi connectivity index (χ0) is 18.7. The number of fused-ring (bicyclic) bond motifs is 3. The zero-order valence-corrected chi connectivity index (χ0v) is 17.4. The fourth-order valence-corrected chi connectivity index (χ4v) is 4.96. The van der Waals surface area contributed by atoms with Crippen LogP contribution in [0.4, 0.5) is 0 Å². The summed E-state index contributed by atoms with van der Waals surface area (Å²) in [6.45, 7) is 4.35. The molecule has 0 radical (unpaired) electrons. The van der Waals surface area contributed by atoms with Gasteiger partial charge in [-0.25, -0.2) is 0 Å². The molecule has 144 valence electrons. The first kappa shape index (κ1) is 19.9. The zero-order valence-electron chi connectivity index (χ0n) is 15.8. The Morgan fingerprint density at radius 1 is 1.31 bits per heavy atom. The number of hydrogen-bond donors (Lipinski definition) is 2. The highest BCUT2D eigenvalue weighted by Crippen LogP contribution is 2.52. The summed E-state index contributed by atoms with van der Waals surface area (Å²) >= 11 is 3.57. The molecule has 1 aromatic carbocycles. The van der Waals surface area contributed by atoms with Crippen LogP contribution < -0.4 is 4.74 Å². The van der Waals surface area contributed by atoms with Gasteiger partial charge in [-0.05, 0) is 18.4 Å².